The molecule has 0 spiro atoms. The number of hydrogen-bond donors (Lipinski definition) is 0. The Balaban J connectivity index is 0.000000252. The minimum atomic E-state index is 0. The van der Waals surface area contributed by atoms with E-state index in [-0.39, 0.29) is 35.6 Å². The van der Waals surface area contributed by atoms with Crippen LogP contribution < -0.4 is 24.8 Å². The van der Waals surface area contributed by atoms with E-state index in [1.807, 2.05) is 30.4 Å². The maximum atomic E-state index is 6.00. The van der Waals surface area contributed by atoms with Gasteiger partial charge in [-0.3, -0.25) is 6.08 Å². The second kappa shape index (κ2) is 19.6. The molecule has 0 atom stereocenters. The molecule has 1 aliphatic carbocycles. The topological polar surface area (TPSA) is 0 Å². The van der Waals surface area contributed by atoms with Crippen LogP contribution in [0.4, 0.5) is 0 Å². The molecule has 0 unspecified atom stereocenters. The van der Waals surface area contributed by atoms with E-state index in [0.717, 1.165) is 11.4 Å². The Kier molecular flexibility index (Phi) is 15.8. The quantitative estimate of drug-likeness (QED) is 0.156. The van der Waals surface area contributed by atoms with Crippen LogP contribution in [0.25, 0.3) is 43.8 Å². The molecule has 0 bridgehead atoms. The normalized spacial score (nSPS) is 11.9. The largest absolute Gasteiger partial charge is 1.00 e. The number of hydrogen-bond acceptors (Lipinski definition) is 0. The van der Waals surface area contributed by atoms with Crippen molar-refractivity contribution in [1.82, 2.24) is 0 Å². The molecule has 0 N–H and O–H groups in total. The van der Waals surface area contributed by atoms with Crippen LogP contribution in [0.2, 0.25) is 5.02 Å². The van der Waals surface area contributed by atoms with Gasteiger partial charge in [-0.2, -0.15) is 6.08 Å². The molecular formula is C52H49Cl3Zr-2. The molecule has 8 rings (SSSR count). The molecule has 0 saturated heterocycles. The van der Waals surface area contributed by atoms with Crippen molar-refractivity contribution in [2.24, 2.45) is 0 Å². The van der Waals surface area contributed by atoms with Crippen molar-refractivity contribution >= 4 is 36.4 Å². The van der Waals surface area contributed by atoms with Crippen molar-refractivity contribution < 1.29 is 49.0 Å². The van der Waals surface area contributed by atoms with Crippen LogP contribution in [0.1, 0.15) is 75.8 Å². The Bertz CT molecular complexity index is 2320. The summed E-state index contributed by atoms with van der Waals surface area (Å²) in [5, 5.41) is 6.16. The van der Waals surface area contributed by atoms with Crippen molar-refractivity contribution in [3.05, 3.63) is 197 Å². The summed E-state index contributed by atoms with van der Waals surface area (Å²) in [6, 6.07) is 50.4. The average molecular weight is 872 g/mol. The standard InChI is InChI=1S/C33H33.C14H11Cl.C5H5.2ClH.Zr/c1-32(2,3)30-20-26-24(18-28(30)22-13-9-7-10-14-22)17-25-19-29(23-15-11-8-12-16-23)31(21-27(25)26)33(4,5)6;1-11-5-7-12(8-6-11)9-13-3-2-4-14(15)10-13;1-2-4-5-3-1;;;/h7-21H,1-6H3;2-8,10H,1H3;1-3H,4H2;2*1H;/q-1;;-1;;;+2/p-2. The van der Waals surface area contributed by atoms with E-state index in [4.69, 9.17) is 11.6 Å². The summed E-state index contributed by atoms with van der Waals surface area (Å²) >= 11 is 7.40. The monoisotopic (exact) mass is 868 g/mol. The smallest absolute Gasteiger partial charge is 0.109 e. The van der Waals surface area contributed by atoms with E-state index >= 15 is 0 Å². The second-order valence-electron chi connectivity index (χ2n) is 16.1. The van der Waals surface area contributed by atoms with E-state index in [1.54, 1.807) is 0 Å². The van der Waals surface area contributed by atoms with E-state index in [0.29, 0.717) is 0 Å². The summed E-state index contributed by atoms with van der Waals surface area (Å²) in [5.41, 5.74) is 12.0. The van der Waals surface area contributed by atoms with Gasteiger partial charge in [0, 0.05) is 0 Å². The zero-order valence-corrected chi connectivity index (χ0v) is 38.1. The Morgan fingerprint density at radius 1 is 0.607 bits per heavy atom. The van der Waals surface area contributed by atoms with E-state index in [9.17, 15) is 0 Å². The molecule has 0 fully saturated rings. The van der Waals surface area contributed by atoms with Gasteiger partial charge in [-0.25, -0.2) is 12.2 Å². The molecule has 0 radical (unpaired) electrons. The molecule has 56 heavy (non-hydrogen) atoms. The van der Waals surface area contributed by atoms with Crippen molar-refractivity contribution in [2.45, 2.75) is 65.7 Å². The fraction of sp³-hybridized carbons (Fsp3) is 0.192. The Morgan fingerprint density at radius 3 is 1.50 bits per heavy atom. The van der Waals surface area contributed by atoms with Crippen molar-refractivity contribution in [3.8, 4) is 22.3 Å². The minimum Gasteiger partial charge on any atom is -1.00 e. The SMILES string of the molecule is CC(C)(C)c1cc2c(cc1-c1ccccc1)[cH-]c1cc(-c3ccccc3)c(C(C)(C)C)cc12.Cc1ccc([C](=[Zr+2])c2cccc(Cl)c2)cc1.[C-]1=CC=CC1.[Cl-].[Cl-]. The fourth-order valence-corrected chi connectivity index (χ4v) is 7.91. The third-order valence-electron chi connectivity index (χ3n) is 9.81. The van der Waals surface area contributed by atoms with E-state index < -0.39 is 0 Å². The minimum absolute atomic E-state index is 0. The van der Waals surface area contributed by atoms with Gasteiger partial charge in [0.1, 0.15) is 0 Å². The average Bonchev–Trinajstić information content (AvgIpc) is 3.86. The van der Waals surface area contributed by atoms with Crippen molar-refractivity contribution in [1.29, 1.82) is 0 Å². The van der Waals surface area contributed by atoms with E-state index in [1.165, 1.54) is 99.1 Å². The Hall–Kier alpha value is -3.71. The van der Waals surface area contributed by atoms with Gasteiger partial charge in [-0.1, -0.05) is 114 Å². The molecule has 1 aliphatic rings. The zero-order valence-electron chi connectivity index (χ0n) is 33.4. The van der Waals surface area contributed by atoms with Gasteiger partial charge >= 0.3 is 116 Å². The van der Waals surface area contributed by atoms with Gasteiger partial charge in [0.25, 0.3) is 0 Å². The third kappa shape index (κ3) is 11.0. The van der Waals surface area contributed by atoms with Gasteiger partial charge in [0.2, 0.25) is 0 Å². The summed E-state index contributed by atoms with van der Waals surface area (Å²) in [6.07, 6.45) is 10.0. The first-order valence-electron chi connectivity index (χ1n) is 18.8. The summed E-state index contributed by atoms with van der Waals surface area (Å²) in [4.78, 5) is 0. The van der Waals surface area contributed by atoms with Crippen molar-refractivity contribution in [2.75, 3.05) is 0 Å². The number of rotatable bonds is 4. The number of benzene rings is 6. The Morgan fingerprint density at radius 2 is 1.11 bits per heavy atom. The molecule has 0 saturated carbocycles. The molecule has 0 aliphatic heterocycles. The molecule has 4 heteroatoms. The molecule has 0 amide bonds. The van der Waals surface area contributed by atoms with Crippen LogP contribution >= 0.6 is 11.6 Å². The second-order valence-corrected chi connectivity index (χ2v) is 17.8. The first-order chi connectivity index (χ1) is 25.8. The van der Waals surface area contributed by atoms with Gasteiger partial charge in [-0.05, 0) is 44.2 Å². The first kappa shape index (κ1) is 45.0. The van der Waals surface area contributed by atoms with Crippen molar-refractivity contribution in [3.63, 3.8) is 0 Å². The van der Waals surface area contributed by atoms with Crippen LogP contribution in [0.15, 0.2) is 158 Å². The summed E-state index contributed by atoms with van der Waals surface area (Å²) in [7, 11) is 0. The molecule has 284 valence electrons. The number of aryl methyl sites for hydroxylation is 1. The van der Waals surface area contributed by atoms with Crippen LogP contribution in [-0.2, 0) is 35.1 Å². The molecule has 7 aromatic carbocycles. The molecular weight excluding hydrogens is 822 g/mol. The zero-order chi connectivity index (χ0) is 38.5. The molecule has 0 nitrogen and oxygen atoms in total. The molecule has 7 aromatic rings. The van der Waals surface area contributed by atoms with Gasteiger partial charge in [-0.15, -0.1) is 46.2 Å². The number of allylic oxidation sites excluding steroid dienone is 4. The van der Waals surface area contributed by atoms with Gasteiger partial charge in [0.15, 0.2) is 0 Å². The van der Waals surface area contributed by atoms with Crippen LogP contribution in [0.5, 0.6) is 0 Å². The number of halogens is 3. The summed E-state index contributed by atoms with van der Waals surface area (Å²) < 4.78 is 1.34. The van der Waals surface area contributed by atoms with E-state index in [2.05, 4.69) is 182 Å². The summed E-state index contributed by atoms with van der Waals surface area (Å²) in [6.45, 7) is 16.0. The van der Waals surface area contributed by atoms with Gasteiger partial charge in [0.05, 0.1) is 0 Å². The molecule has 0 aromatic heterocycles. The summed E-state index contributed by atoms with van der Waals surface area (Å²) in [5.74, 6) is 0. The third-order valence-corrected chi connectivity index (χ3v) is 11.5. The maximum absolute atomic E-state index is 6.00. The van der Waals surface area contributed by atoms with Gasteiger partial charge < -0.3 is 24.8 Å². The van der Waals surface area contributed by atoms with Crippen LogP contribution in [0, 0.1) is 13.0 Å². The Labute approximate surface area is 367 Å². The predicted molar refractivity (Wildman–Crippen MR) is 233 cm³/mol. The fourth-order valence-electron chi connectivity index (χ4n) is 6.93. The van der Waals surface area contributed by atoms with Crippen LogP contribution in [-0.4, -0.2) is 3.21 Å². The molecule has 0 heterocycles. The predicted octanol–water partition coefficient (Wildman–Crippen LogP) is 8.72. The maximum Gasteiger partial charge on any atom is -0.109 e. The number of fused-ring (bicyclic) bond motifs is 3. The first-order valence-corrected chi connectivity index (χ1v) is 20.4. The van der Waals surface area contributed by atoms with Crippen LogP contribution in [0.3, 0.4) is 0 Å².